The Labute approximate surface area is 169 Å². The Kier molecular flexibility index (Phi) is 8.27. The number of carbonyl (C=O) groups is 1. The van der Waals surface area contributed by atoms with Crippen molar-refractivity contribution in [2.45, 2.75) is 26.2 Å². The fraction of sp³-hybridized carbons (Fsp3) is 0.381. The fourth-order valence-electron chi connectivity index (χ4n) is 2.73. The van der Waals surface area contributed by atoms with Crippen LogP contribution in [0.3, 0.4) is 0 Å². The van der Waals surface area contributed by atoms with Crippen molar-refractivity contribution in [2.24, 2.45) is 0 Å². The Hall–Kier alpha value is -3.29. The van der Waals surface area contributed by atoms with Crippen LogP contribution in [0.25, 0.3) is 0 Å². The van der Waals surface area contributed by atoms with Gasteiger partial charge in [0.1, 0.15) is 5.75 Å². The van der Waals surface area contributed by atoms with Crippen LogP contribution in [0.2, 0.25) is 0 Å². The lowest BCUT2D eigenvalue weighted by molar-refractivity contribution is -0.385. The second-order valence-electron chi connectivity index (χ2n) is 6.33. The van der Waals surface area contributed by atoms with Crippen molar-refractivity contribution in [3.8, 4) is 17.2 Å². The highest BCUT2D eigenvalue weighted by Crippen LogP contribution is 2.34. The van der Waals surface area contributed by atoms with E-state index in [-0.39, 0.29) is 30.3 Å². The molecule has 0 aliphatic carbocycles. The van der Waals surface area contributed by atoms with E-state index in [0.29, 0.717) is 23.5 Å². The zero-order valence-electron chi connectivity index (χ0n) is 16.9. The van der Waals surface area contributed by atoms with Crippen LogP contribution in [0.4, 0.5) is 5.69 Å². The maximum absolute atomic E-state index is 12.3. The van der Waals surface area contributed by atoms with E-state index < -0.39 is 4.92 Å². The number of nitro groups is 1. The molecule has 1 amide bonds. The van der Waals surface area contributed by atoms with Crippen molar-refractivity contribution in [3.63, 3.8) is 0 Å². The molecule has 0 atom stereocenters. The molecule has 0 aromatic heterocycles. The first-order valence-corrected chi connectivity index (χ1v) is 9.40. The molecule has 2 aromatic rings. The van der Waals surface area contributed by atoms with Gasteiger partial charge in [0.2, 0.25) is 0 Å². The molecule has 0 heterocycles. The van der Waals surface area contributed by atoms with Gasteiger partial charge in [-0.25, -0.2) is 0 Å². The van der Waals surface area contributed by atoms with Gasteiger partial charge < -0.3 is 19.5 Å². The lowest BCUT2D eigenvalue weighted by atomic mass is 10.1. The molecule has 0 saturated heterocycles. The number of nitrogens with zero attached hydrogens (tertiary/aromatic N) is 1. The Bertz CT molecular complexity index is 836. The second-order valence-corrected chi connectivity index (χ2v) is 6.33. The van der Waals surface area contributed by atoms with Crippen LogP contribution in [0.15, 0.2) is 36.4 Å². The van der Waals surface area contributed by atoms with E-state index >= 15 is 0 Å². The summed E-state index contributed by atoms with van der Waals surface area (Å²) in [6.07, 6.45) is 2.31. The molecule has 0 aliphatic rings. The average Bonchev–Trinajstić information content (AvgIpc) is 2.73. The van der Waals surface area contributed by atoms with Crippen LogP contribution in [0.5, 0.6) is 17.2 Å². The highest BCUT2D eigenvalue weighted by atomic mass is 16.6. The highest BCUT2D eigenvalue weighted by Gasteiger charge is 2.19. The van der Waals surface area contributed by atoms with Gasteiger partial charge in [0, 0.05) is 17.7 Å². The minimum Gasteiger partial charge on any atom is -0.494 e. The third-order valence-electron chi connectivity index (χ3n) is 4.34. The number of methoxy groups -OCH3 is 2. The molecule has 29 heavy (non-hydrogen) atoms. The molecule has 1 N–H and O–H groups in total. The number of benzene rings is 2. The Morgan fingerprint density at radius 2 is 1.76 bits per heavy atom. The molecule has 0 fully saturated rings. The Morgan fingerprint density at radius 1 is 1.10 bits per heavy atom. The van der Waals surface area contributed by atoms with Crippen LogP contribution < -0.4 is 19.5 Å². The molecule has 0 spiro atoms. The smallest absolute Gasteiger partial charge is 0.276 e. The molecular weight excluding hydrogens is 376 g/mol. The van der Waals surface area contributed by atoms with E-state index in [1.807, 2.05) is 0 Å². The number of hydrogen-bond acceptors (Lipinski definition) is 6. The SMILES string of the molecule is CCCCOc1ccc(C(=O)NCCc2cc(OC)c(OC)cc2[N+](=O)[O-])cc1. The normalized spacial score (nSPS) is 10.3. The molecule has 8 nitrogen and oxygen atoms in total. The summed E-state index contributed by atoms with van der Waals surface area (Å²) >= 11 is 0. The van der Waals surface area contributed by atoms with Crippen LogP contribution >= 0.6 is 0 Å². The Balaban J connectivity index is 1.98. The summed E-state index contributed by atoms with van der Waals surface area (Å²) in [5, 5.41) is 14.1. The van der Waals surface area contributed by atoms with Gasteiger partial charge in [-0.2, -0.15) is 0 Å². The first-order chi connectivity index (χ1) is 14.0. The average molecular weight is 402 g/mol. The summed E-state index contributed by atoms with van der Waals surface area (Å²) in [4.78, 5) is 23.2. The molecule has 2 rings (SSSR count). The molecule has 0 unspecified atom stereocenters. The Morgan fingerprint density at radius 3 is 2.34 bits per heavy atom. The molecule has 0 radical (unpaired) electrons. The zero-order chi connectivity index (χ0) is 21.2. The van der Waals surface area contributed by atoms with E-state index in [1.165, 1.54) is 20.3 Å². The summed E-state index contributed by atoms with van der Waals surface area (Å²) < 4.78 is 15.9. The number of unbranched alkanes of at least 4 members (excludes halogenated alkanes) is 1. The largest absolute Gasteiger partial charge is 0.494 e. The first-order valence-electron chi connectivity index (χ1n) is 9.40. The topological polar surface area (TPSA) is 99.9 Å². The van der Waals surface area contributed by atoms with Crippen molar-refractivity contribution < 1.29 is 23.9 Å². The van der Waals surface area contributed by atoms with Gasteiger partial charge in [0.05, 0.1) is 31.8 Å². The van der Waals surface area contributed by atoms with Gasteiger partial charge in [-0.1, -0.05) is 13.3 Å². The van der Waals surface area contributed by atoms with Gasteiger partial charge >= 0.3 is 0 Å². The second kappa shape index (κ2) is 10.9. The van der Waals surface area contributed by atoms with Crippen molar-refractivity contribution in [1.82, 2.24) is 5.32 Å². The van der Waals surface area contributed by atoms with Crippen LogP contribution in [0.1, 0.15) is 35.7 Å². The maximum atomic E-state index is 12.3. The van der Waals surface area contributed by atoms with E-state index in [9.17, 15) is 14.9 Å². The predicted octanol–water partition coefficient (Wildman–Crippen LogP) is 3.76. The molecule has 8 heteroatoms. The quantitative estimate of drug-likeness (QED) is 0.349. The molecule has 0 bridgehead atoms. The van der Waals surface area contributed by atoms with E-state index in [2.05, 4.69) is 12.2 Å². The maximum Gasteiger partial charge on any atom is 0.276 e. The molecule has 0 aliphatic heterocycles. The molecular formula is C21H26N2O6. The summed E-state index contributed by atoms with van der Waals surface area (Å²) in [7, 11) is 2.88. The molecule has 0 saturated carbocycles. The van der Waals surface area contributed by atoms with Gasteiger partial charge in [0.25, 0.3) is 11.6 Å². The van der Waals surface area contributed by atoms with Crippen molar-refractivity contribution in [3.05, 3.63) is 57.6 Å². The number of carbonyl (C=O) groups excluding carboxylic acids is 1. The lowest BCUT2D eigenvalue weighted by Gasteiger charge is -2.11. The number of nitro benzene ring substituents is 1. The summed E-state index contributed by atoms with van der Waals surface area (Å²) in [6, 6.07) is 9.78. The van der Waals surface area contributed by atoms with Crippen molar-refractivity contribution in [2.75, 3.05) is 27.4 Å². The highest BCUT2D eigenvalue weighted by molar-refractivity contribution is 5.94. The third-order valence-corrected chi connectivity index (χ3v) is 4.34. The number of hydrogen-bond donors (Lipinski definition) is 1. The number of ether oxygens (including phenoxy) is 3. The van der Waals surface area contributed by atoms with Crippen LogP contribution in [0, 0.1) is 10.1 Å². The molecule has 2 aromatic carbocycles. The molecule has 156 valence electrons. The van der Waals surface area contributed by atoms with E-state index in [0.717, 1.165) is 18.6 Å². The monoisotopic (exact) mass is 402 g/mol. The van der Waals surface area contributed by atoms with Crippen molar-refractivity contribution in [1.29, 1.82) is 0 Å². The minimum absolute atomic E-state index is 0.0783. The third kappa shape index (κ3) is 6.10. The predicted molar refractivity (Wildman–Crippen MR) is 109 cm³/mol. The fourth-order valence-corrected chi connectivity index (χ4v) is 2.73. The van der Waals surface area contributed by atoms with Crippen molar-refractivity contribution >= 4 is 11.6 Å². The standard InChI is InChI=1S/C21H26N2O6/c1-4-5-12-29-17-8-6-15(7-9-17)21(24)22-11-10-16-13-19(27-2)20(28-3)14-18(16)23(25)26/h6-9,13-14H,4-5,10-12H2,1-3H3,(H,22,24). The number of nitrogens with one attached hydrogen (secondary N) is 1. The number of rotatable bonds is 11. The summed E-state index contributed by atoms with van der Waals surface area (Å²) in [5.41, 5.74) is 0.868. The van der Waals surface area contributed by atoms with Crippen LogP contribution in [-0.4, -0.2) is 38.2 Å². The minimum atomic E-state index is -0.476. The summed E-state index contributed by atoms with van der Waals surface area (Å²) in [6.45, 7) is 2.98. The van der Waals surface area contributed by atoms with Gasteiger partial charge in [-0.05, 0) is 43.2 Å². The van der Waals surface area contributed by atoms with E-state index in [1.54, 1.807) is 30.3 Å². The number of amides is 1. The first kappa shape index (κ1) is 22.0. The van der Waals surface area contributed by atoms with Gasteiger partial charge in [0.15, 0.2) is 11.5 Å². The van der Waals surface area contributed by atoms with Gasteiger partial charge in [-0.3, -0.25) is 14.9 Å². The van der Waals surface area contributed by atoms with E-state index in [4.69, 9.17) is 14.2 Å². The summed E-state index contributed by atoms with van der Waals surface area (Å²) in [5.74, 6) is 1.15. The van der Waals surface area contributed by atoms with Crippen LogP contribution in [-0.2, 0) is 6.42 Å². The lowest BCUT2D eigenvalue weighted by Crippen LogP contribution is -2.25. The zero-order valence-corrected chi connectivity index (χ0v) is 16.9. The van der Waals surface area contributed by atoms with Gasteiger partial charge in [-0.15, -0.1) is 0 Å².